The highest BCUT2D eigenvalue weighted by molar-refractivity contribution is 14.1. The lowest BCUT2D eigenvalue weighted by Crippen LogP contribution is -2.13. The van der Waals surface area contributed by atoms with E-state index in [-0.39, 0.29) is 15.9 Å². The highest BCUT2D eigenvalue weighted by Crippen LogP contribution is 2.32. The molecule has 3 nitrogen and oxygen atoms in total. The standard InChI is InChI=1S/C9H7F3INO2/c1-2-16-8(15)7-3-5(9(10,11)12)6(13)4-14-7/h3-4H,2H2,1H3. The minimum Gasteiger partial charge on any atom is -0.461 e. The lowest BCUT2D eigenvalue weighted by atomic mass is 10.2. The number of hydrogen-bond donors (Lipinski definition) is 0. The Balaban J connectivity index is 3.13. The van der Waals surface area contributed by atoms with E-state index in [0.29, 0.717) is 6.07 Å². The normalized spacial score (nSPS) is 11.3. The van der Waals surface area contributed by atoms with Crippen LogP contribution < -0.4 is 0 Å². The van der Waals surface area contributed by atoms with Gasteiger partial charge in [-0.2, -0.15) is 13.2 Å². The summed E-state index contributed by atoms with van der Waals surface area (Å²) >= 11 is 1.51. The fraction of sp³-hybridized carbons (Fsp3) is 0.333. The van der Waals surface area contributed by atoms with Crippen LogP contribution in [0.5, 0.6) is 0 Å². The van der Waals surface area contributed by atoms with E-state index in [1.54, 1.807) is 6.92 Å². The molecule has 88 valence electrons. The molecular weight excluding hydrogens is 338 g/mol. The zero-order valence-corrected chi connectivity index (χ0v) is 10.3. The maximum Gasteiger partial charge on any atom is 0.417 e. The Kier molecular flexibility index (Phi) is 4.11. The van der Waals surface area contributed by atoms with Gasteiger partial charge in [-0.15, -0.1) is 0 Å². The number of nitrogens with zero attached hydrogens (tertiary/aromatic N) is 1. The van der Waals surface area contributed by atoms with Crippen molar-refractivity contribution >= 4 is 28.6 Å². The van der Waals surface area contributed by atoms with Crippen molar-refractivity contribution < 1.29 is 22.7 Å². The number of aromatic nitrogens is 1. The number of esters is 1. The van der Waals surface area contributed by atoms with E-state index in [1.807, 2.05) is 0 Å². The Morgan fingerprint density at radius 3 is 2.69 bits per heavy atom. The molecule has 0 radical (unpaired) electrons. The van der Waals surface area contributed by atoms with Gasteiger partial charge in [-0.1, -0.05) is 0 Å². The van der Waals surface area contributed by atoms with Crippen molar-refractivity contribution in [3.05, 3.63) is 27.1 Å². The molecule has 16 heavy (non-hydrogen) atoms. The van der Waals surface area contributed by atoms with Gasteiger partial charge in [-0.25, -0.2) is 9.78 Å². The number of alkyl halides is 3. The van der Waals surface area contributed by atoms with E-state index in [2.05, 4.69) is 9.72 Å². The molecule has 0 saturated carbocycles. The van der Waals surface area contributed by atoms with Crippen LogP contribution in [0.15, 0.2) is 12.3 Å². The van der Waals surface area contributed by atoms with Crippen LogP contribution in [0.25, 0.3) is 0 Å². The molecule has 0 atom stereocenters. The molecule has 0 bridgehead atoms. The molecule has 1 heterocycles. The van der Waals surface area contributed by atoms with E-state index in [1.165, 1.54) is 22.6 Å². The molecular formula is C9H7F3INO2. The fourth-order valence-electron chi connectivity index (χ4n) is 0.973. The molecule has 7 heteroatoms. The summed E-state index contributed by atoms with van der Waals surface area (Å²) in [6, 6.07) is 0.694. The quantitative estimate of drug-likeness (QED) is 0.611. The molecule has 0 aliphatic heterocycles. The second kappa shape index (κ2) is 4.98. The van der Waals surface area contributed by atoms with Gasteiger partial charge in [0.15, 0.2) is 0 Å². The number of ether oxygens (including phenoxy) is 1. The first-order chi connectivity index (χ1) is 7.36. The highest BCUT2D eigenvalue weighted by atomic mass is 127. The third-order valence-corrected chi connectivity index (χ3v) is 2.50. The Labute approximate surface area is 103 Å². The van der Waals surface area contributed by atoms with Gasteiger partial charge in [0.1, 0.15) is 5.69 Å². The van der Waals surface area contributed by atoms with Crippen LogP contribution in [0.4, 0.5) is 13.2 Å². The van der Waals surface area contributed by atoms with Crippen LogP contribution in [0.2, 0.25) is 0 Å². The van der Waals surface area contributed by atoms with Crippen molar-refractivity contribution in [3.8, 4) is 0 Å². The van der Waals surface area contributed by atoms with E-state index in [4.69, 9.17) is 0 Å². The lowest BCUT2D eigenvalue weighted by Gasteiger charge is -2.09. The monoisotopic (exact) mass is 345 g/mol. The number of carbonyl (C=O) groups excluding carboxylic acids is 1. The molecule has 0 aliphatic carbocycles. The Morgan fingerprint density at radius 2 is 2.19 bits per heavy atom. The third kappa shape index (κ3) is 3.06. The summed E-state index contributed by atoms with van der Waals surface area (Å²) in [5.41, 5.74) is -1.22. The van der Waals surface area contributed by atoms with Gasteiger partial charge < -0.3 is 4.74 Å². The maximum absolute atomic E-state index is 12.5. The van der Waals surface area contributed by atoms with Crippen LogP contribution in [0.1, 0.15) is 23.0 Å². The first kappa shape index (κ1) is 13.2. The molecule has 0 amide bonds. The van der Waals surface area contributed by atoms with Crippen molar-refractivity contribution in [2.45, 2.75) is 13.1 Å². The van der Waals surface area contributed by atoms with Crippen molar-refractivity contribution in [1.29, 1.82) is 0 Å². The summed E-state index contributed by atoms with van der Waals surface area (Å²) in [5, 5.41) is 0. The van der Waals surface area contributed by atoms with Gasteiger partial charge in [0.25, 0.3) is 0 Å². The second-order valence-corrected chi connectivity index (χ2v) is 3.93. The minimum absolute atomic E-state index is 0.0573. The van der Waals surface area contributed by atoms with Crippen molar-refractivity contribution in [1.82, 2.24) is 4.98 Å². The minimum atomic E-state index is -4.50. The van der Waals surface area contributed by atoms with Crippen LogP contribution in [-0.4, -0.2) is 17.6 Å². The Hall–Kier alpha value is -0.860. The first-order valence-corrected chi connectivity index (χ1v) is 5.34. The summed E-state index contributed by atoms with van der Waals surface area (Å²) in [4.78, 5) is 14.8. The SMILES string of the molecule is CCOC(=O)c1cc(C(F)(F)F)c(I)cn1. The number of halogens is 4. The van der Waals surface area contributed by atoms with Crippen LogP contribution in [0, 0.1) is 3.57 Å². The van der Waals surface area contributed by atoms with E-state index in [9.17, 15) is 18.0 Å². The summed E-state index contributed by atoms with van der Waals surface area (Å²) in [5.74, 6) is -0.857. The second-order valence-electron chi connectivity index (χ2n) is 2.77. The van der Waals surface area contributed by atoms with Crippen molar-refractivity contribution in [2.75, 3.05) is 6.61 Å². The van der Waals surface area contributed by atoms with Gasteiger partial charge in [0, 0.05) is 9.77 Å². The van der Waals surface area contributed by atoms with Gasteiger partial charge in [-0.3, -0.25) is 0 Å². The molecule has 0 fully saturated rings. The molecule has 0 aromatic carbocycles. The fourth-order valence-corrected chi connectivity index (χ4v) is 1.57. The molecule has 0 aliphatic rings. The summed E-state index contributed by atoms with van der Waals surface area (Å²) < 4.78 is 42.0. The summed E-state index contributed by atoms with van der Waals surface area (Å²) in [6.45, 7) is 1.66. The molecule has 1 aromatic rings. The van der Waals surface area contributed by atoms with Gasteiger partial charge >= 0.3 is 12.1 Å². The third-order valence-electron chi connectivity index (χ3n) is 1.65. The Bertz CT molecular complexity index is 406. The lowest BCUT2D eigenvalue weighted by molar-refractivity contribution is -0.138. The number of carbonyl (C=O) groups is 1. The van der Waals surface area contributed by atoms with E-state index in [0.717, 1.165) is 6.20 Å². The zero-order chi connectivity index (χ0) is 12.3. The molecule has 0 spiro atoms. The molecule has 0 N–H and O–H groups in total. The summed E-state index contributed by atoms with van der Waals surface area (Å²) in [7, 11) is 0. The van der Waals surface area contributed by atoms with Crippen molar-refractivity contribution in [3.63, 3.8) is 0 Å². The first-order valence-electron chi connectivity index (χ1n) is 4.26. The van der Waals surface area contributed by atoms with Crippen LogP contribution in [-0.2, 0) is 10.9 Å². The molecule has 0 unspecified atom stereocenters. The average molecular weight is 345 g/mol. The number of hydrogen-bond acceptors (Lipinski definition) is 3. The molecule has 1 aromatic heterocycles. The van der Waals surface area contributed by atoms with Gasteiger partial charge in [-0.05, 0) is 35.6 Å². The van der Waals surface area contributed by atoms with E-state index >= 15 is 0 Å². The number of rotatable bonds is 2. The van der Waals surface area contributed by atoms with Gasteiger partial charge in [0.05, 0.1) is 12.2 Å². The van der Waals surface area contributed by atoms with Crippen LogP contribution in [0.3, 0.4) is 0 Å². The maximum atomic E-state index is 12.5. The topological polar surface area (TPSA) is 39.2 Å². The zero-order valence-electron chi connectivity index (χ0n) is 8.14. The average Bonchev–Trinajstić information content (AvgIpc) is 2.16. The smallest absolute Gasteiger partial charge is 0.417 e. The molecule has 0 saturated heterocycles. The predicted octanol–water partition coefficient (Wildman–Crippen LogP) is 2.88. The number of pyridine rings is 1. The van der Waals surface area contributed by atoms with E-state index < -0.39 is 17.7 Å². The van der Waals surface area contributed by atoms with Gasteiger partial charge in [0.2, 0.25) is 0 Å². The molecule has 1 rings (SSSR count). The Morgan fingerprint density at radius 1 is 1.56 bits per heavy atom. The van der Waals surface area contributed by atoms with Crippen LogP contribution >= 0.6 is 22.6 Å². The highest BCUT2D eigenvalue weighted by Gasteiger charge is 2.34. The predicted molar refractivity (Wildman–Crippen MR) is 57.9 cm³/mol. The summed E-state index contributed by atoms with van der Waals surface area (Å²) in [6.07, 6.45) is -3.50. The largest absolute Gasteiger partial charge is 0.461 e. The van der Waals surface area contributed by atoms with Crippen molar-refractivity contribution in [2.24, 2.45) is 0 Å².